The van der Waals surface area contributed by atoms with Gasteiger partial charge in [0.05, 0.1) is 6.61 Å². The first-order valence-corrected chi connectivity index (χ1v) is 7.51. The first-order valence-electron chi connectivity index (χ1n) is 7.51. The van der Waals surface area contributed by atoms with Gasteiger partial charge in [-0.05, 0) is 55.8 Å². The Kier molecular flexibility index (Phi) is 5.79. The number of benzene rings is 1. The summed E-state index contributed by atoms with van der Waals surface area (Å²) in [5.41, 5.74) is 1.00. The lowest BCUT2D eigenvalue weighted by atomic mass is 10.1. The van der Waals surface area contributed by atoms with Crippen LogP contribution in [0, 0.1) is 11.8 Å². The third-order valence-corrected chi connectivity index (χ3v) is 3.75. The standard InChI is InChI=1S/C16H23F2NO2/c1-3-20-15-8-12(4-7-14(15)21-16(17)18)10-19-9-11(2)13-5-6-13/h4,7-8,11,13,16,19H,3,5-6,9-10H2,1-2H3. The molecule has 1 aromatic carbocycles. The quantitative estimate of drug-likeness (QED) is 0.752. The van der Waals surface area contributed by atoms with Gasteiger partial charge in [-0.3, -0.25) is 0 Å². The molecule has 21 heavy (non-hydrogen) atoms. The Morgan fingerprint density at radius 2 is 2.05 bits per heavy atom. The van der Waals surface area contributed by atoms with Gasteiger partial charge in [0.25, 0.3) is 0 Å². The van der Waals surface area contributed by atoms with E-state index in [1.807, 2.05) is 6.92 Å². The number of alkyl halides is 2. The zero-order valence-electron chi connectivity index (χ0n) is 12.6. The van der Waals surface area contributed by atoms with Gasteiger partial charge in [0.1, 0.15) is 0 Å². The molecule has 0 aliphatic heterocycles. The van der Waals surface area contributed by atoms with Crippen molar-refractivity contribution < 1.29 is 18.3 Å². The van der Waals surface area contributed by atoms with Crippen LogP contribution in [0.1, 0.15) is 32.3 Å². The summed E-state index contributed by atoms with van der Waals surface area (Å²) in [6, 6.07) is 5.09. The lowest BCUT2D eigenvalue weighted by Crippen LogP contribution is -2.21. The van der Waals surface area contributed by atoms with Crippen LogP contribution in [0.3, 0.4) is 0 Å². The lowest BCUT2D eigenvalue weighted by Gasteiger charge is -2.14. The summed E-state index contributed by atoms with van der Waals surface area (Å²) in [6.45, 7) is 3.32. The highest BCUT2D eigenvalue weighted by Gasteiger charge is 2.27. The van der Waals surface area contributed by atoms with E-state index in [1.54, 1.807) is 18.2 Å². The van der Waals surface area contributed by atoms with Crippen LogP contribution in [0.5, 0.6) is 11.5 Å². The van der Waals surface area contributed by atoms with Gasteiger partial charge in [-0.25, -0.2) is 0 Å². The molecule has 1 unspecified atom stereocenters. The average molecular weight is 299 g/mol. The molecule has 2 rings (SSSR count). The molecule has 0 aromatic heterocycles. The van der Waals surface area contributed by atoms with Gasteiger partial charge in [-0.2, -0.15) is 8.78 Å². The molecule has 1 saturated carbocycles. The Hall–Kier alpha value is -1.36. The molecule has 0 bridgehead atoms. The molecule has 1 atom stereocenters. The predicted molar refractivity (Wildman–Crippen MR) is 77.8 cm³/mol. The van der Waals surface area contributed by atoms with Crippen molar-refractivity contribution in [2.24, 2.45) is 11.8 Å². The van der Waals surface area contributed by atoms with E-state index >= 15 is 0 Å². The molecular weight excluding hydrogens is 276 g/mol. The van der Waals surface area contributed by atoms with Crippen LogP contribution in [0.2, 0.25) is 0 Å². The Morgan fingerprint density at radius 1 is 1.29 bits per heavy atom. The Bertz CT molecular complexity index is 450. The van der Waals surface area contributed by atoms with Gasteiger partial charge in [0.15, 0.2) is 11.5 Å². The number of nitrogens with one attached hydrogen (secondary N) is 1. The SMILES string of the molecule is CCOc1cc(CNCC(C)C2CC2)ccc1OC(F)F. The van der Waals surface area contributed by atoms with Crippen LogP contribution in [0.15, 0.2) is 18.2 Å². The zero-order valence-corrected chi connectivity index (χ0v) is 12.6. The second-order valence-corrected chi connectivity index (χ2v) is 5.54. The van der Waals surface area contributed by atoms with Crippen LogP contribution < -0.4 is 14.8 Å². The molecule has 0 radical (unpaired) electrons. The molecule has 3 nitrogen and oxygen atoms in total. The lowest BCUT2D eigenvalue weighted by molar-refractivity contribution is -0.0514. The highest BCUT2D eigenvalue weighted by atomic mass is 19.3. The van der Waals surface area contributed by atoms with Crippen molar-refractivity contribution in [2.45, 2.75) is 39.8 Å². The maximum Gasteiger partial charge on any atom is 0.387 e. The van der Waals surface area contributed by atoms with E-state index in [1.165, 1.54) is 12.8 Å². The number of halogens is 2. The van der Waals surface area contributed by atoms with Gasteiger partial charge in [0.2, 0.25) is 0 Å². The fourth-order valence-electron chi connectivity index (χ4n) is 2.40. The van der Waals surface area contributed by atoms with Crippen molar-refractivity contribution in [3.63, 3.8) is 0 Å². The van der Waals surface area contributed by atoms with Crippen LogP contribution >= 0.6 is 0 Å². The molecule has 1 aliphatic rings. The summed E-state index contributed by atoms with van der Waals surface area (Å²) in [7, 11) is 0. The highest BCUT2D eigenvalue weighted by molar-refractivity contribution is 5.43. The van der Waals surface area contributed by atoms with Gasteiger partial charge >= 0.3 is 6.61 Å². The van der Waals surface area contributed by atoms with Crippen molar-refractivity contribution in [1.29, 1.82) is 0 Å². The van der Waals surface area contributed by atoms with Crippen molar-refractivity contribution in [3.8, 4) is 11.5 Å². The Labute approximate surface area is 124 Å². The smallest absolute Gasteiger partial charge is 0.387 e. The van der Waals surface area contributed by atoms with Crippen LogP contribution in [0.25, 0.3) is 0 Å². The molecule has 1 aromatic rings. The highest BCUT2D eigenvalue weighted by Crippen LogP contribution is 2.36. The van der Waals surface area contributed by atoms with E-state index in [-0.39, 0.29) is 5.75 Å². The fraction of sp³-hybridized carbons (Fsp3) is 0.625. The van der Waals surface area contributed by atoms with Crippen molar-refractivity contribution >= 4 is 0 Å². The fourth-order valence-corrected chi connectivity index (χ4v) is 2.40. The van der Waals surface area contributed by atoms with E-state index in [9.17, 15) is 8.78 Å². The van der Waals surface area contributed by atoms with E-state index in [0.717, 1.165) is 18.0 Å². The summed E-state index contributed by atoms with van der Waals surface area (Å²) in [5.74, 6) is 2.02. The summed E-state index contributed by atoms with van der Waals surface area (Å²) < 4.78 is 34.5. The summed E-state index contributed by atoms with van der Waals surface area (Å²) in [5, 5.41) is 3.41. The van der Waals surface area contributed by atoms with Crippen LogP contribution in [-0.4, -0.2) is 19.8 Å². The minimum absolute atomic E-state index is 0.0851. The maximum absolute atomic E-state index is 12.3. The topological polar surface area (TPSA) is 30.5 Å². The van der Waals surface area contributed by atoms with E-state index in [4.69, 9.17) is 4.74 Å². The molecule has 0 spiro atoms. The molecule has 1 aliphatic carbocycles. The van der Waals surface area contributed by atoms with Crippen molar-refractivity contribution in [1.82, 2.24) is 5.32 Å². The molecule has 1 fully saturated rings. The van der Waals surface area contributed by atoms with Gasteiger partial charge in [-0.15, -0.1) is 0 Å². The normalized spacial score (nSPS) is 16.0. The summed E-state index contributed by atoms with van der Waals surface area (Å²) in [4.78, 5) is 0. The molecule has 5 heteroatoms. The molecule has 0 saturated heterocycles. The third kappa shape index (κ3) is 5.16. The van der Waals surface area contributed by atoms with E-state index < -0.39 is 6.61 Å². The third-order valence-electron chi connectivity index (χ3n) is 3.75. The number of hydrogen-bond acceptors (Lipinski definition) is 3. The minimum Gasteiger partial charge on any atom is -0.490 e. The summed E-state index contributed by atoms with van der Waals surface area (Å²) in [6.07, 6.45) is 2.69. The maximum atomic E-state index is 12.3. The Balaban J connectivity index is 1.91. The minimum atomic E-state index is -2.84. The van der Waals surface area contributed by atoms with Gasteiger partial charge in [-0.1, -0.05) is 13.0 Å². The van der Waals surface area contributed by atoms with Crippen LogP contribution in [-0.2, 0) is 6.54 Å². The van der Waals surface area contributed by atoms with Crippen molar-refractivity contribution in [3.05, 3.63) is 23.8 Å². The first kappa shape index (κ1) is 16.0. The van der Waals surface area contributed by atoms with Gasteiger partial charge in [0, 0.05) is 6.54 Å². The first-order chi connectivity index (χ1) is 10.1. The molecule has 0 amide bonds. The molecule has 118 valence electrons. The second kappa shape index (κ2) is 7.59. The van der Waals surface area contributed by atoms with Crippen molar-refractivity contribution in [2.75, 3.05) is 13.2 Å². The molecular formula is C16H23F2NO2. The number of ether oxygens (including phenoxy) is 2. The zero-order chi connectivity index (χ0) is 15.2. The molecule has 1 N–H and O–H groups in total. The van der Waals surface area contributed by atoms with E-state index in [0.29, 0.717) is 24.8 Å². The predicted octanol–water partition coefficient (Wildman–Crippen LogP) is 3.82. The molecule has 0 heterocycles. The van der Waals surface area contributed by atoms with Crippen LogP contribution in [0.4, 0.5) is 8.78 Å². The van der Waals surface area contributed by atoms with Gasteiger partial charge < -0.3 is 14.8 Å². The Morgan fingerprint density at radius 3 is 2.67 bits per heavy atom. The second-order valence-electron chi connectivity index (χ2n) is 5.54. The average Bonchev–Trinajstić information content (AvgIpc) is 3.25. The summed E-state index contributed by atoms with van der Waals surface area (Å²) >= 11 is 0. The number of hydrogen-bond donors (Lipinski definition) is 1. The van der Waals surface area contributed by atoms with E-state index in [2.05, 4.69) is 17.0 Å². The largest absolute Gasteiger partial charge is 0.490 e. The monoisotopic (exact) mass is 299 g/mol. The number of rotatable bonds is 9.